The SMILES string of the molecule is COc1cc2c(=O)n(C3CC(F)(F)C3)cnc2c(OC)c1OC. The number of nitrogens with zero attached hydrogens (tertiary/aromatic N) is 2. The first kappa shape index (κ1) is 15.5. The Morgan fingerprint density at radius 3 is 2.35 bits per heavy atom. The second-order valence-electron chi connectivity index (χ2n) is 5.42. The average Bonchev–Trinajstić information content (AvgIpc) is 2.51. The fourth-order valence-corrected chi connectivity index (χ4v) is 2.83. The largest absolute Gasteiger partial charge is 0.493 e. The van der Waals surface area contributed by atoms with Crippen LogP contribution in [0.1, 0.15) is 18.9 Å². The molecule has 1 fully saturated rings. The summed E-state index contributed by atoms with van der Waals surface area (Å²) >= 11 is 0. The van der Waals surface area contributed by atoms with E-state index in [9.17, 15) is 13.6 Å². The molecule has 2 aromatic rings. The van der Waals surface area contributed by atoms with Gasteiger partial charge in [-0.15, -0.1) is 0 Å². The summed E-state index contributed by atoms with van der Waals surface area (Å²) in [6.45, 7) is 0. The van der Waals surface area contributed by atoms with Crippen LogP contribution in [0.5, 0.6) is 17.2 Å². The summed E-state index contributed by atoms with van der Waals surface area (Å²) in [7, 11) is 4.31. The Morgan fingerprint density at radius 2 is 1.83 bits per heavy atom. The minimum atomic E-state index is -2.71. The van der Waals surface area contributed by atoms with Crippen LogP contribution in [-0.2, 0) is 0 Å². The highest BCUT2D eigenvalue weighted by molar-refractivity contribution is 5.89. The molecule has 124 valence electrons. The molecular weight excluding hydrogens is 310 g/mol. The van der Waals surface area contributed by atoms with Gasteiger partial charge in [-0.2, -0.15) is 0 Å². The fourth-order valence-electron chi connectivity index (χ4n) is 2.83. The highest BCUT2D eigenvalue weighted by Crippen LogP contribution is 2.45. The van der Waals surface area contributed by atoms with Crippen LogP contribution in [0.3, 0.4) is 0 Å². The maximum Gasteiger partial charge on any atom is 0.261 e. The number of hydrogen-bond acceptors (Lipinski definition) is 5. The Kier molecular flexibility index (Phi) is 3.62. The summed E-state index contributed by atoms with van der Waals surface area (Å²) < 4.78 is 43.1. The number of halogens is 2. The first-order valence-electron chi connectivity index (χ1n) is 6.99. The standard InChI is InChI=1S/C15H16F2N2O4/c1-21-10-4-9-11(13(23-3)12(10)22-2)18-7-19(14(9)20)8-5-15(16,17)6-8/h4,7-8H,5-6H2,1-3H3. The van der Waals surface area contributed by atoms with Gasteiger partial charge in [0.25, 0.3) is 11.5 Å². The smallest absolute Gasteiger partial charge is 0.261 e. The fraction of sp³-hybridized carbons (Fsp3) is 0.467. The minimum absolute atomic E-state index is 0.234. The number of ether oxygens (including phenoxy) is 3. The Hall–Kier alpha value is -2.38. The molecule has 1 aromatic heterocycles. The number of alkyl halides is 2. The summed E-state index contributed by atoms with van der Waals surface area (Å²) in [5.74, 6) is -1.81. The highest BCUT2D eigenvalue weighted by Gasteiger charge is 2.46. The molecule has 0 bridgehead atoms. The molecule has 23 heavy (non-hydrogen) atoms. The lowest BCUT2D eigenvalue weighted by Gasteiger charge is -2.35. The number of aromatic nitrogens is 2. The van der Waals surface area contributed by atoms with Crippen molar-refractivity contribution in [3.8, 4) is 17.2 Å². The van der Waals surface area contributed by atoms with Crippen molar-refractivity contribution in [3.05, 3.63) is 22.7 Å². The predicted molar refractivity (Wildman–Crippen MR) is 78.9 cm³/mol. The molecule has 0 radical (unpaired) electrons. The van der Waals surface area contributed by atoms with E-state index >= 15 is 0 Å². The summed E-state index contributed by atoms with van der Waals surface area (Å²) in [5.41, 5.74) is -0.104. The summed E-state index contributed by atoms with van der Waals surface area (Å²) in [6, 6.07) is 0.938. The molecule has 3 rings (SSSR count). The number of fused-ring (bicyclic) bond motifs is 1. The summed E-state index contributed by atoms with van der Waals surface area (Å²) in [4.78, 5) is 16.8. The third-order valence-corrected chi connectivity index (χ3v) is 4.04. The van der Waals surface area contributed by atoms with Gasteiger partial charge in [0.05, 0.1) is 33.0 Å². The van der Waals surface area contributed by atoms with Crippen molar-refractivity contribution in [2.24, 2.45) is 0 Å². The van der Waals surface area contributed by atoms with Gasteiger partial charge in [0, 0.05) is 18.9 Å². The minimum Gasteiger partial charge on any atom is -0.493 e. The van der Waals surface area contributed by atoms with Crippen LogP contribution in [0.25, 0.3) is 10.9 Å². The molecule has 0 aliphatic heterocycles. The first-order chi connectivity index (χ1) is 10.9. The van der Waals surface area contributed by atoms with Crippen LogP contribution in [0.2, 0.25) is 0 Å². The summed E-state index contributed by atoms with van der Waals surface area (Å²) in [5, 5.41) is 0.234. The van der Waals surface area contributed by atoms with Crippen LogP contribution >= 0.6 is 0 Å². The molecule has 0 saturated heterocycles. The molecular formula is C15H16F2N2O4. The van der Waals surface area contributed by atoms with Gasteiger partial charge in [-0.05, 0) is 6.07 Å². The maximum atomic E-state index is 13.1. The van der Waals surface area contributed by atoms with E-state index in [1.54, 1.807) is 0 Å². The number of rotatable bonds is 4. The second kappa shape index (κ2) is 5.36. The quantitative estimate of drug-likeness (QED) is 0.863. The zero-order valence-corrected chi connectivity index (χ0v) is 12.9. The van der Waals surface area contributed by atoms with Crippen LogP contribution in [0.15, 0.2) is 17.2 Å². The maximum absolute atomic E-state index is 13.1. The van der Waals surface area contributed by atoms with Crippen molar-refractivity contribution >= 4 is 10.9 Å². The van der Waals surface area contributed by atoms with E-state index in [1.165, 1.54) is 38.3 Å². The van der Waals surface area contributed by atoms with Crippen molar-refractivity contribution < 1.29 is 23.0 Å². The Morgan fingerprint density at radius 1 is 1.17 bits per heavy atom. The van der Waals surface area contributed by atoms with E-state index < -0.39 is 17.5 Å². The van der Waals surface area contributed by atoms with Crippen LogP contribution in [0.4, 0.5) is 8.78 Å². The van der Waals surface area contributed by atoms with E-state index in [0.29, 0.717) is 17.0 Å². The Bertz CT molecular complexity index is 811. The second-order valence-corrected chi connectivity index (χ2v) is 5.42. The van der Waals surface area contributed by atoms with Gasteiger partial charge >= 0.3 is 0 Å². The number of hydrogen-bond donors (Lipinski definition) is 0. The zero-order valence-electron chi connectivity index (χ0n) is 12.9. The molecule has 0 unspecified atom stereocenters. The summed E-state index contributed by atoms with van der Waals surface area (Å²) in [6.07, 6.45) is 0.564. The lowest BCUT2D eigenvalue weighted by Crippen LogP contribution is -2.41. The third kappa shape index (κ3) is 2.38. The van der Waals surface area contributed by atoms with Crippen molar-refractivity contribution in [2.45, 2.75) is 24.8 Å². The molecule has 1 aliphatic rings. The molecule has 0 atom stereocenters. The van der Waals surface area contributed by atoms with Gasteiger partial charge in [0.2, 0.25) is 5.75 Å². The Balaban J connectivity index is 2.20. The van der Waals surface area contributed by atoms with E-state index in [1.807, 2.05) is 0 Å². The van der Waals surface area contributed by atoms with E-state index in [-0.39, 0.29) is 24.0 Å². The monoisotopic (exact) mass is 326 g/mol. The molecule has 0 spiro atoms. The Labute approximate surface area is 130 Å². The normalized spacial score (nSPS) is 16.9. The van der Waals surface area contributed by atoms with Gasteiger partial charge in [-0.25, -0.2) is 13.8 Å². The lowest BCUT2D eigenvalue weighted by molar-refractivity contribution is -0.105. The highest BCUT2D eigenvalue weighted by atomic mass is 19.3. The molecule has 6 nitrogen and oxygen atoms in total. The first-order valence-corrected chi connectivity index (χ1v) is 6.99. The van der Waals surface area contributed by atoms with Gasteiger partial charge in [0.1, 0.15) is 5.52 Å². The van der Waals surface area contributed by atoms with Crippen molar-refractivity contribution in [3.63, 3.8) is 0 Å². The molecule has 8 heteroatoms. The number of methoxy groups -OCH3 is 3. The molecule has 1 aromatic carbocycles. The lowest BCUT2D eigenvalue weighted by atomic mass is 9.88. The molecule has 1 saturated carbocycles. The van der Waals surface area contributed by atoms with Crippen LogP contribution in [0, 0.1) is 0 Å². The van der Waals surface area contributed by atoms with Gasteiger partial charge < -0.3 is 14.2 Å². The van der Waals surface area contributed by atoms with Gasteiger partial charge in [-0.3, -0.25) is 9.36 Å². The van der Waals surface area contributed by atoms with Crippen LogP contribution < -0.4 is 19.8 Å². The van der Waals surface area contributed by atoms with Gasteiger partial charge in [-0.1, -0.05) is 0 Å². The zero-order chi connectivity index (χ0) is 16.8. The average molecular weight is 326 g/mol. The topological polar surface area (TPSA) is 62.6 Å². The molecule has 0 amide bonds. The van der Waals surface area contributed by atoms with Crippen molar-refractivity contribution in [2.75, 3.05) is 21.3 Å². The predicted octanol–water partition coefficient (Wildman–Crippen LogP) is 2.39. The van der Waals surface area contributed by atoms with E-state index in [2.05, 4.69) is 4.98 Å². The van der Waals surface area contributed by atoms with E-state index in [4.69, 9.17) is 14.2 Å². The van der Waals surface area contributed by atoms with E-state index in [0.717, 1.165) is 0 Å². The van der Waals surface area contributed by atoms with Crippen molar-refractivity contribution in [1.82, 2.24) is 9.55 Å². The molecule has 1 aliphatic carbocycles. The third-order valence-electron chi connectivity index (χ3n) is 4.04. The van der Waals surface area contributed by atoms with Gasteiger partial charge in [0.15, 0.2) is 11.5 Å². The molecule has 0 N–H and O–H groups in total. The number of benzene rings is 1. The van der Waals surface area contributed by atoms with Crippen LogP contribution in [-0.4, -0.2) is 36.8 Å². The molecule has 1 heterocycles. The van der Waals surface area contributed by atoms with Crippen molar-refractivity contribution in [1.29, 1.82) is 0 Å².